The fourth-order valence-corrected chi connectivity index (χ4v) is 2.77. The molecule has 0 N–H and O–H groups in total. The number of carbonyl (C=O) groups is 3. The van der Waals surface area contributed by atoms with Gasteiger partial charge in [0.15, 0.2) is 11.7 Å². The summed E-state index contributed by atoms with van der Waals surface area (Å²) in [5.41, 5.74) is 0.979. The molecule has 0 heterocycles. The summed E-state index contributed by atoms with van der Waals surface area (Å²) in [4.78, 5) is 38.3. The molecule has 1 unspecified atom stereocenters. The Labute approximate surface area is 152 Å². The first-order valence-electron chi connectivity index (χ1n) is 8.57. The number of ketones is 1. The number of esters is 2. The highest BCUT2D eigenvalue weighted by Gasteiger charge is 2.42. The molecule has 5 nitrogen and oxygen atoms in total. The zero-order chi connectivity index (χ0) is 18.9. The largest absolute Gasteiger partial charge is 0.465 e. The van der Waals surface area contributed by atoms with Gasteiger partial charge in [0.1, 0.15) is 0 Å². The normalized spacial score (nSPS) is 11.7. The molecule has 2 rings (SSSR count). The Hall–Kier alpha value is -2.95. The smallest absolute Gasteiger partial charge is 0.321 e. The lowest BCUT2D eigenvalue weighted by atomic mass is 9.80. The molecule has 5 heteroatoms. The monoisotopic (exact) mass is 354 g/mol. The number of hydrogen-bond donors (Lipinski definition) is 0. The minimum absolute atomic E-state index is 0.107. The van der Waals surface area contributed by atoms with Crippen LogP contribution in [0.4, 0.5) is 0 Å². The lowest BCUT2D eigenvalue weighted by molar-refractivity contribution is -0.162. The van der Waals surface area contributed by atoms with E-state index in [-0.39, 0.29) is 19.0 Å². The Morgan fingerprint density at radius 3 is 1.69 bits per heavy atom. The first-order valence-corrected chi connectivity index (χ1v) is 8.57. The highest BCUT2D eigenvalue weighted by molar-refractivity contribution is 6.08. The van der Waals surface area contributed by atoms with Crippen molar-refractivity contribution in [3.8, 4) is 0 Å². The molecule has 136 valence electrons. The SMILES string of the molecule is CCOC(=O)C(C(=O)OCC)C(C(=O)c1ccccc1)c1ccccc1. The number of ether oxygens (including phenoxy) is 2. The lowest BCUT2D eigenvalue weighted by Gasteiger charge is -2.23. The van der Waals surface area contributed by atoms with Crippen LogP contribution in [0.15, 0.2) is 60.7 Å². The van der Waals surface area contributed by atoms with Gasteiger partial charge in [-0.2, -0.15) is 0 Å². The van der Waals surface area contributed by atoms with E-state index in [1.807, 2.05) is 0 Å². The predicted molar refractivity (Wildman–Crippen MR) is 96.7 cm³/mol. The number of rotatable bonds is 8. The van der Waals surface area contributed by atoms with Crippen LogP contribution in [0.2, 0.25) is 0 Å². The topological polar surface area (TPSA) is 69.7 Å². The van der Waals surface area contributed by atoms with Gasteiger partial charge in [0, 0.05) is 5.56 Å². The summed E-state index contributed by atoms with van der Waals surface area (Å²) in [7, 11) is 0. The van der Waals surface area contributed by atoms with Gasteiger partial charge in [-0.25, -0.2) is 0 Å². The van der Waals surface area contributed by atoms with Crippen LogP contribution in [-0.4, -0.2) is 30.9 Å². The van der Waals surface area contributed by atoms with Crippen molar-refractivity contribution in [1.29, 1.82) is 0 Å². The fraction of sp³-hybridized carbons (Fsp3) is 0.286. The van der Waals surface area contributed by atoms with Crippen molar-refractivity contribution >= 4 is 17.7 Å². The molecule has 2 aromatic carbocycles. The molecule has 0 aromatic heterocycles. The standard InChI is InChI=1S/C21H22O5/c1-3-25-20(23)18(21(24)26-4-2)17(15-11-7-5-8-12-15)19(22)16-13-9-6-10-14-16/h5-14,17-18H,3-4H2,1-2H3. The van der Waals surface area contributed by atoms with Gasteiger partial charge in [0.2, 0.25) is 0 Å². The van der Waals surface area contributed by atoms with E-state index in [2.05, 4.69) is 0 Å². The summed E-state index contributed by atoms with van der Waals surface area (Å²) < 4.78 is 10.1. The summed E-state index contributed by atoms with van der Waals surface area (Å²) in [6.45, 7) is 3.51. The van der Waals surface area contributed by atoms with Gasteiger partial charge in [-0.1, -0.05) is 60.7 Å². The molecule has 1 atom stereocenters. The van der Waals surface area contributed by atoms with E-state index >= 15 is 0 Å². The highest BCUT2D eigenvalue weighted by atomic mass is 16.6. The van der Waals surface area contributed by atoms with Gasteiger partial charge in [-0.3, -0.25) is 14.4 Å². The summed E-state index contributed by atoms with van der Waals surface area (Å²) in [6, 6.07) is 17.3. The lowest BCUT2D eigenvalue weighted by Crippen LogP contribution is -2.37. The van der Waals surface area contributed by atoms with E-state index in [0.29, 0.717) is 11.1 Å². The van der Waals surface area contributed by atoms with Gasteiger partial charge in [-0.15, -0.1) is 0 Å². The van der Waals surface area contributed by atoms with E-state index < -0.39 is 23.8 Å². The van der Waals surface area contributed by atoms with E-state index in [9.17, 15) is 14.4 Å². The Kier molecular flexibility index (Phi) is 7.09. The maximum atomic E-state index is 13.2. The fourth-order valence-electron chi connectivity index (χ4n) is 2.77. The van der Waals surface area contributed by atoms with Crippen molar-refractivity contribution in [3.05, 3.63) is 71.8 Å². The van der Waals surface area contributed by atoms with Crippen molar-refractivity contribution < 1.29 is 23.9 Å². The Morgan fingerprint density at radius 1 is 0.769 bits per heavy atom. The van der Waals surface area contributed by atoms with Crippen LogP contribution in [0, 0.1) is 5.92 Å². The number of benzene rings is 2. The molecule has 0 amide bonds. The van der Waals surface area contributed by atoms with Gasteiger partial charge < -0.3 is 9.47 Å². The first-order chi connectivity index (χ1) is 12.6. The third-order valence-electron chi connectivity index (χ3n) is 3.91. The third-order valence-corrected chi connectivity index (χ3v) is 3.91. The Balaban J connectivity index is 2.53. The number of carbonyl (C=O) groups excluding carboxylic acids is 3. The quantitative estimate of drug-likeness (QED) is 0.413. The summed E-state index contributed by atoms with van der Waals surface area (Å²) in [5.74, 6) is -4.22. The zero-order valence-electron chi connectivity index (χ0n) is 14.9. The average Bonchev–Trinajstić information content (AvgIpc) is 2.67. The predicted octanol–water partition coefficient (Wildman–Crippen LogP) is 3.40. The Morgan fingerprint density at radius 2 is 1.23 bits per heavy atom. The molecule has 0 fully saturated rings. The maximum Gasteiger partial charge on any atom is 0.321 e. The number of Topliss-reactive ketones (excluding diaryl/α,β-unsaturated/α-hetero) is 1. The van der Waals surface area contributed by atoms with E-state index in [0.717, 1.165) is 0 Å². The zero-order valence-corrected chi connectivity index (χ0v) is 14.9. The average molecular weight is 354 g/mol. The van der Waals surface area contributed by atoms with Crippen LogP contribution in [-0.2, 0) is 19.1 Å². The highest BCUT2D eigenvalue weighted by Crippen LogP contribution is 2.31. The molecule has 0 saturated carbocycles. The van der Waals surface area contributed by atoms with Crippen molar-refractivity contribution in [1.82, 2.24) is 0 Å². The van der Waals surface area contributed by atoms with Crippen LogP contribution in [0.5, 0.6) is 0 Å². The van der Waals surface area contributed by atoms with Crippen LogP contribution in [0.25, 0.3) is 0 Å². The summed E-state index contributed by atoms with van der Waals surface area (Å²) in [6.07, 6.45) is 0. The van der Waals surface area contributed by atoms with Crippen molar-refractivity contribution in [2.24, 2.45) is 5.92 Å². The molecule has 0 bridgehead atoms. The summed E-state index contributed by atoms with van der Waals surface area (Å²) in [5, 5.41) is 0. The van der Waals surface area contributed by atoms with Gasteiger partial charge in [0.05, 0.1) is 19.1 Å². The minimum Gasteiger partial charge on any atom is -0.465 e. The van der Waals surface area contributed by atoms with E-state index in [4.69, 9.17) is 9.47 Å². The Bertz CT molecular complexity index is 722. The molecule has 0 spiro atoms. The first kappa shape index (κ1) is 19.4. The maximum absolute atomic E-state index is 13.2. The molecule has 2 aromatic rings. The van der Waals surface area contributed by atoms with E-state index in [1.165, 1.54) is 0 Å². The molecule has 0 aliphatic rings. The van der Waals surface area contributed by atoms with Crippen molar-refractivity contribution in [3.63, 3.8) is 0 Å². The molecule has 0 saturated heterocycles. The van der Waals surface area contributed by atoms with Gasteiger partial charge in [-0.05, 0) is 19.4 Å². The second-order valence-electron chi connectivity index (χ2n) is 5.60. The molecule has 0 radical (unpaired) electrons. The van der Waals surface area contributed by atoms with Crippen LogP contribution >= 0.6 is 0 Å². The van der Waals surface area contributed by atoms with E-state index in [1.54, 1.807) is 74.5 Å². The number of hydrogen-bond acceptors (Lipinski definition) is 5. The van der Waals surface area contributed by atoms with Crippen LogP contribution < -0.4 is 0 Å². The van der Waals surface area contributed by atoms with Gasteiger partial charge >= 0.3 is 11.9 Å². The molecule has 26 heavy (non-hydrogen) atoms. The summed E-state index contributed by atoms with van der Waals surface area (Å²) >= 11 is 0. The van der Waals surface area contributed by atoms with Crippen molar-refractivity contribution in [2.45, 2.75) is 19.8 Å². The minimum atomic E-state index is -1.36. The molecular formula is C21H22O5. The van der Waals surface area contributed by atoms with Crippen LogP contribution in [0.1, 0.15) is 35.7 Å². The second-order valence-corrected chi connectivity index (χ2v) is 5.60. The van der Waals surface area contributed by atoms with Gasteiger partial charge in [0.25, 0.3) is 0 Å². The van der Waals surface area contributed by atoms with Crippen LogP contribution in [0.3, 0.4) is 0 Å². The second kappa shape index (κ2) is 9.51. The third kappa shape index (κ3) is 4.57. The molecule has 0 aliphatic heterocycles. The van der Waals surface area contributed by atoms with Crippen molar-refractivity contribution in [2.75, 3.05) is 13.2 Å². The molecule has 0 aliphatic carbocycles. The molecular weight excluding hydrogens is 332 g/mol.